The van der Waals surface area contributed by atoms with Gasteiger partial charge in [-0.2, -0.15) is 0 Å². The summed E-state index contributed by atoms with van der Waals surface area (Å²) < 4.78 is 0. The molecule has 1 aromatic carbocycles. The summed E-state index contributed by atoms with van der Waals surface area (Å²) in [5.74, 6) is -1.88. The van der Waals surface area contributed by atoms with Crippen molar-refractivity contribution in [2.75, 3.05) is 31.1 Å². The van der Waals surface area contributed by atoms with Crippen LogP contribution in [0.1, 0.15) is 54.3 Å². The highest BCUT2D eigenvalue weighted by Crippen LogP contribution is 2.34. The summed E-state index contributed by atoms with van der Waals surface area (Å²) in [6.45, 7) is 9.80. The second kappa shape index (κ2) is 6.95. The molecule has 1 atom stereocenters. The van der Waals surface area contributed by atoms with Crippen molar-refractivity contribution in [3.63, 3.8) is 0 Å². The van der Waals surface area contributed by atoms with E-state index in [-0.39, 0.29) is 24.3 Å². The van der Waals surface area contributed by atoms with E-state index in [0.717, 1.165) is 36.8 Å². The number of amides is 4. The van der Waals surface area contributed by atoms with E-state index in [9.17, 15) is 19.2 Å². The van der Waals surface area contributed by atoms with Gasteiger partial charge in [0.2, 0.25) is 11.8 Å². The van der Waals surface area contributed by atoms with Crippen LogP contribution in [0.15, 0.2) is 18.2 Å². The maximum absolute atomic E-state index is 13.2. The van der Waals surface area contributed by atoms with Gasteiger partial charge in [-0.05, 0) is 39.3 Å². The summed E-state index contributed by atoms with van der Waals surface area (Å²) in [5, 5.41) is 2.23. The maximum Gasteiger partial charge on any atom is 0.264 e. The van der Waals surface area contributed by atoms with Crippen molar-refractivity contribution < 1.29 is 19.2 Å². The minimum atomic E-state index is -0.939. The first-order chi connectivity index (χ1) is 13.7. The first-order valence-electron chi connectivity index (χ1n) is 10.0. The molecule has 0 aromatic heterocycles. The Hall–Kier alpha value is -2.74. The van der Waals surface area contributed by atoms with E-state index < -0.39 is 23.8 Å². The minimum Gasteiger partial charge on any atom is -0.368 e. The molecule has 8 heteroatoms. The Morgan fingerprint density at radius 3 is 2.28 bits per heavy atom. The standard InChI is InChI=1S/C21H26N4O4/c1-21(2,3)24-11-9-23(10-12-24)14-6-4-5-13-17(14)20(29)25(19(13)28)15-7-8-16(26)22-18(15)27/h4-6,15H,7-12H2,1-3H3,(H,22,26,27). The largest absolute Gasteiger partial charge is 0.368 e. The molecule has 29 heavy (non-hydrogen) atoms. The molecule has 0 spiro atoms. The normalized spacial score (nSPS) is 23.5. The van der Waals surface area contributed by atoms with Crippen LogP contribution in [0.25, 0.3) is 0 Å². The molecule has 4 rings (SSSR count). The molecule has 1 unspecified atom stereocenters. The lowest BCUT2D eigenvalue weighted by molar-refractivity contribution is -0.136. The predicted octanol–water partition coefficient (Wildman–Crippen LogP) is 1.01. The average molecular weight is 398 g/mol. The van der Waals surface area contributed by atoms with Crippen molar-refractivity contribution in [2.45, 2.75) is 45.2 Å². The van der Waals surface area contributed by atoms with E-state index >= 15 is 0 Å². The van der Waals surface area contributed by atoms with Crippen molar-refractivity contribution in [3.05, 3.63) is 29.3 Å². The Morgan fingerprint density at radius 2 is 1.66 bits per heavy atom. The van der Waals surface area contributed by atoms with E-state index in [1.807, 2.05) is 6.07 Å². The Kier molecular flexibility index (Phi) is 4.69. The molecular weight excluding hydrogens is 372 g/mol. The molecule has 0 aliphatic carbocycles. The first-order valence-corrected chi connectivity index (χ1v) is 10.0. The molecule has 0 saturated carbocycles. The van der Waals surface area contributed by atoms with Crippen molar-refractivity contribution in [3.8, 4) is 0 Å². The zero-order valence-corrected chi connectivity index (χ0v) is 17.0. The fourth-order valence-corrected chi connectivity index (χ4v) is 4.38. The fourth-order valence-electron chi connectivity index (χ4n) is 4.38. The maximum atomic E-state index is 13.2. The van der Waals surface area contributed by atoms with Crippen LogP contribution in [0.3, 0.4) is 0 Å². The summed E-state index contributed by atoms with van der Waals surface area (Å²) in [7, 11) is 0. The van der Waals surface area contributed by atoms with E-state index in [0.29, 0.717) is 11.1 Å². The molecular formula is C21H26N4O4. The van der Waals surface area contributed by atoms with Gasteiger partial charge >= 0.3 is 0 Å². The molecule has 3 aliphatic heterocycles. The lowest BCUT2D eigenvalue weighted by Gasteiger charge is -2.43. The van der Waals surface area contributed by atoms with E-state index in [4.69, 9.17) is 0 Å². The van der Waals surface area contributed by atoms with Crippen LogP contribution in [-0.2, 0) is 9.59 Å². The van der Waals surface area contributed by atoms with Gasteiger partial charge in [0.25, 0.3) is 11.8 Å². The van der Waals surface area contributed by atoms with Gasteiger partial charge in [0.15, 0.2) is 0 Å². The summed E-state index contributed by atoms with van der Waals surface area (Å²) in [5.41, 5.74) is 1.52. The summed E-state index contributed by atoms with van der Waals surface area (Å²) >= 11 is 0. The van der Waals surface area contributed by atoms with Crippen molar-refractivity contribution >= 4 is 29.3 Å². The van der Waals surface area contributed by atoms with E-state index in [2.05, 4.69) is 35.9 Å². The van der Waals surface area contributed by atoms with Gasteiger partial charge in [-0.15, -0.1) is 0 Å². The number of nitrogens with zero attached hydrogens (tertiary/aromatic N) is 3. The first kappa shape index (κ1) is 19.6. The second-order valence-electron chi connectivity index (χ2n) is 8.79. The van der Waals surface area contributed by atoms with Gasteiger partial charge in [-0.1, -0.05) is 6.07 Å². The molecule has 0 radical (unpaired) electrons. The van der Waals surface area contributed by atoms with E-state index in [1.165, 1.54) is 0 Å². The van der Waals surface area contributed by atoms with Crippen LogP contribution >= 0.6 is 0 Å². The molecule has 3 aliphatic rings. The van der Waals surface area contributed by atoms with Crippen LogP contribution < -0.4 is 10.2 Å². The van der Waals surface area contributed by atoms with Crippen LogP contribution in [-0.4, -0.2) is 71.2 Å². The lowest BCUT2D eigenvalue weighted by atomic mass is 10.0. The molecule has 2 fully saturated rings. The third kappa shape index (κ3) is 3.31. The number of carbonyl (C=O) groups is 4. The van der Waals surface area contributed by atoms with Crippen molar-refractivity contribution in [1.82, 2.24) is 15.1 Å². The van der Waals surface area contributed by atoms with E-state index in [1.54, 1.807) is 12.1 Å². The number of hydrogen-bond acceptors (Lipinski definition) is 6. The summed E-state index contributed by atoms with van der Waals surface area (Å²) in [6.07, 6.45) is 0.279. The smallest absolute Gasteiger partial charge is 0.264 e. The van der Waals surface area contributed by atoms with Crippen molar-refractivity contribution in [1.29, 1.82) is 0 Å². The monoisotopic (exact) mass is 398 g/mol. The van der Waals surface area contributed by atoms with Crippen LogP contribution in [0.5, 0.6) is 0 Å². The minimum absolute atomic E-state index is 0.0824. The topological polar surface area (TPSA) is 90.0 Å². The van der Waals surface area contributed by atoms with Crippen LogP contribution in [0.4, 0.5) is 5.69 Å². The second-order valence-corrected chi connectivity index (χ2v) is 8.79. The van der Waals surface area contributed by atoms with Gasteiger partial charge in [-0.25, -0.2) is 0 Å². The third-order valence-electron chi connectivity index (χ3n) is 6.02. The average Bonchev–Trinajstić information content (AvgIpc) is 2.92. The number of nitrogens with one attached hydrogen (secondary N) is 1. The number of benzene rings is 1. The number of piperazine rings is 1. The Morgan fingerprint density at radius 1 is 0.966 bits per heavy atom. The number of imide groups is 2. The zero-order valence-electron chi connectivity index (χ0n) is 17.0. The van der Waals surface area contributed by atoms with Gasteiger partial charge < -0.3 is 4.90 Å². The van der Waals surface area contributed by atoms with Crippen LogP contribution in [0, 0.1) is 0 Å². The molecule has 154 valence electrons. The third-order valence-corrected chi connectivity index (χ3v) is 6.02. The molecule has 1 aromatic rings. The number of piperidine rings is 1. The van der Waals surface area contributed by atoms with Crippen LogP contribution in [0.2, 0.25) is 0 Å². The Balaban J connectivity index is 1.61. The SMILES string of the molecule is CC(C)(C)N1CCN(c2cccc3c2C(=O)N(C2CCC(=O)NC2=O)C3=O)CC1. The van der Waals surface area contributed by atoms with Gasteiger partial charge in [0.1, 0.15) is 6.04 Å². The molecule has 2 saturated heterocycles. The number of anilines is 1. The number of rotatable bonds is 2. The van der Waals surface area contributed by atoms with Gasteiger partial charge in [0.05, 0.1) is 16.8 Å². The molecule has 3 heterocycles. The predicted molar refractivity (Wildman–Crippen MR) is 107 cm³/mol. The lowest BCUT2D eigenvalue weighted by Crippen LogP contribution is -2.54. The summed E-state index contributed by atoms with van der Waals surface area (Å²) in [6, 6.07) is 4.34. The molecule has 1 N–H and O–H groups in total. The van der Waals surface area contributed by atoms with Gasteiger partial charge in [0, 0.05) is 38.1 Å². The highest BCUT2D eigenvalue weighted by Gasteiger charge is 2.46. The fraction of sp³-hybridized carbons (Fsp3) is 0.524. The Bertz CT molecular complexity index is 896. The zero-order chi connectivity index (χ0) is 20.9. The van der Waals surface area contributed by atoms with Crippen molar-refractivity contribution in [2.24, 2.45) is 0 Å². The molecule has 8 nitrogen and oxygen atoms in total. The number of hydrogen-bond donors (Lipinski definition) is 1. The molecule has 0 bridgehead atoms. The highest BCUT2D eigenvalue weighted by atomic mass is 16.2. The summed E-state index contributed by atoms with van der Waals surface area (Å²) in [4.78, 5) is 55.5. The quantitative estimate of drug-likeness (QED) is 0.748. The highest BCUT2D eigenvalue weighted by molar-refractivity contribution is 6.25. The molecule has 4 amide bonds. The number of fused-ring (bicyclic) bond motifs is 1. The Labute approximate surface area is 169 Å². The number of carbonyl (C=O) groups excluding carboxylic acids is 4. The van der Waals surface area contributed by atoms with Gasteiger partial charge in [-0.3, -0.25) is 34.3 Å².